The van der Waals surface area contributed by atoms with Crippen molar-refractivity contribution in [3.8, 4) is 16.9 Å². The molecule has 4 aromatic heterocycles. The van der Waals surface area contributed by atoms with Crippen molar-refractivity contribution in [2.75, 3.05) is 7.11 Å². The van der Waals surface area contributed by atoms with Crippen LogP contribution in [0.4, 0.5) is 0 Å². The number of methoxy groups -OCH3 is 1. The number of hydrogen-bond acceptors (Lipinski definition) is 7. The van der Waals surface area contributed by atoms with Crippen molar-refractivity contribution in [3.63, 3.8) is 0 Å². The van der Waals surface area contributed by atoms with E-state index in [-0.39, 0.29) is 0 Å². The highest BCUT2D eigenvalue weighted by molar-refractivity contribution is 5.88. The lowest BCUT2D eigenvalue weighted by molar-refractivity contribution is 0.393. The van der Waals surface area contributed by atoms with Crippen molar-refractivity contribution in [3.05, 3.63) is 65.7 Å². The molecular formula is C21H18N6O2. The SMILES string of the molecule is COc1cc2c(cc1-c1c(C)noc1C)nc(Cc1ccccn1)c1nncn12. The molecule has 0 fully saturated rings. The number of benzene rings is 1. The number of aryl methyl sites for hydroxylation is 2. The lowest BCUT2D eigenvalue weighted by Gasteiger charge is -2.12. The molecule has 0 atom stereocenters. The van der Waals surface area contributed by atoms with E-state index < -0.39 is 0 Å². The average molecular weight is 386 g/mol. The van der Waals surface area contributed by atoms with E-state index in [1.54, 1.807) is 19.6 Å². The Morgan fingerprint density at radius 2 is 2.07 bits per heavy atom. The van der Waals surface area contributed by atoms with Gasteiger partial charge in [-0.3, -0.25) is 9.38 Å². The van der Waals surface area contributed by atoms with Gasteiger partial charge in [-0.1, -0.05) is 11.2 Å². The molecule has 1 aromatic carbocycles. The third-order valence-electron chi connectivity index (χ3n) is 4.99. The molecule has 0 spiro atoms. The van der Waals surface area contributed by atoms with Crippen LogP contribution >= 0.6 is 0 Å². The first kappa shape index (κ1) is 17.3. The fraction of sp³-hybridized carbons (Fsp3) is 0.190. The molecule has 0 N–H and O–H groups in total. The minimum atomic E-state index is 0.561. The average Bonchev–Trinajstić information content (AvgIpc) is 3.35. The summed E-state index contributed by atoms with van der Waals surface area (Å²) >= 11 is 0. The standard InChI is InChI=1S/C21H18N6O2/c1-12-20(13(2)29-26-12)15-9-16-18(10-19(15)28-3)27-11-23-25-21(27)17(24-16)8-14-6-4-5-7-22-14/h4-7,9-11H,8H2,1-3H3. The lowest BCUT2D eigenvalue weighted by atomic mass is 10.0. The predicted octanol–water partition coefficient (Wildman–Crippen LogP) is 3.54. The van der Waals surface area contributed by atoms with Gasteiger partial charge in [-0.2, -0.15) is 0 Å². The molecule has 0 bridgehead atoms. The van der Waals surface area contributed by atoms with E-state index in [0.717, 1.165) is 45.0 Å². The Labute approximate surface area is 166 Å². The summed E-state index contributed by atoms with van der Waals surface area (Å²) in [6, 6.07) is 9.78. The van der Waals surface area contributed by atoms with Gasteiger partial charge in [-0.05, 0) is 32.0 Å². The summed E-state index contributed by atoms with van der Waals surface area (Å²) in [4.78, 5) is 9.32. The first-order valence-corrected chi connectivity index (χ1v) is 9.19. The Balaban J connectivity index is 1.77. The fourth-order valence-electron chi connectivity index (χ4n) is 3.67. The van der Waals surface area contributed by atoms with Crippen molar-refractivity contribution in [2.24, 2.45) is 0 Å². The highest BCUT2D eigenvalue weighted by Crippen LogP contribution is 2.37. The maximum Gasteiger partial charge on any atom is 0.183 e. The molecule has 0 unspecified atom stereocenters. The Kier molecular flexibility index (Phi) is 3.97. The van der Waals surface area contributed by atoms with Gasteiger partial charge in [0.1, 0.15) is 17.8 Å². The largest absolute Gasteiger partial charge is 0.496 e. The summed E-state index contributed by atoms with van der Waals surface area (Å²) in [6.45, 7) is 3.81. The number of nitrogens with zero attached hydrogens (tertiary/aromatic N) is 6. The first-order chi connectivity index (χ1) is 14.2. The van der Waals surface area contributed by atoms with Crippen molar-refractivity contribution in [1.82, 2.24) is 29.7 Å². The van der Waals surface area contributed by atoms with E-state index in [2.05, 4.69) is 20.3 Å². The van der Waals surface area contributed by atoms with E-state index in [0.29, 0.717) is 17.8 Å². The second-order valence-electron chi connectivity index (χ2n) is 6.82. The predicted molar refractivity (Wildman–Crippen MR) is 107 cm³/mol. The van der Waals surface area contributed by atoms with Crippen LogP contribution in [0.15, 0.2) is 47.4 Å². The summed E-state index contributed by atoms with van der Waals surface area (Å²) in [6.07, 6.45) is 4.03. The monoisotopic (exact) mass is 386 g/mol. The molecule has 5 aromatic rings. The van der Waals surface area contributed by atoms with Gasteiger partial charge < -0.3 is 9.26 Å². The van der Waals surface area contributed by atoms with Crippen LogP contribution in [-0.4, -0.2) is 36.8 Å². The van der Waals surface area contributed by atoms with Gasteiger partial charge >= 0.3 is 0 Å². The molecule has 0 radical (unpaired) electrons. The van der Waals surface area contributed by atoms with Crippen LogP contribution in [0.5, 0.6) is 5.75 Å². The zero-order valence-electron chi connectivity index (χ0n) is 16.2. The summed E-state index contributed by atoms with van der Waals surface area (Å²) in [5, 5.41) is 12.5. The number of aromatic nitrogens is 6. The van der Waals surface area contributed by atoms with Gasteiger partial charge in [0.15, 0.2) is 5.65 Å². The number of rotatable bonds is 4. The third-order valence-corrected chi connectivity index (χ3v) is 4.99. The molecule has 0 saturated heterocycles. The molecule has 4 heterocycles. The lowest BCUT2D eigenvalue weighted by Crippen LogP contribution is -2.02. The van der Waals surface area contributed by atoms with Gasteiger partial charge in [0.25, 0.3) is 0 Å². The van der Waals surface area contributed by atoms with Crippen LogP contribution in [0.2, 0.25) is 0 Å². The van der Waals surface area contributed by atoms with Crippen LogP contribution in [-0.2, 0) is 6.42 Å². The normalized spacial score (nSPS) is 11.4. The summed E-state index contributed by atoms with van der Waals surface area (Å²) in [5.74, 6) is 1.44. The van der Waals surface area contributed by atoms with Crippen LogP contribution in [0, 0.1) is 13.8 Å². The van der Waals surface area contributed by atoms with Gasteiger partial charge in [-0.15, -0.1) is 10.2 Å². The quantitative estimate of drug-likeness (QED) is 0.466. The molecular weight excluding hydrogens is 368 g/mol. The van der Waals surface area contributed by atoms with Crippen LogP contribution < -0.4 is 4.74 Å². The molecule has 0 aliphatic heterocycles. The number of hydrogen-bond donors (Lipinski definition) is 0. The third kappa shape index (κ3) is 2.80. The zero-order chi connectivity index (χ0) is 20.0. The minimum Gasteiger partial charge on any atom is -0.496 e. The maximum absolute atomic E-state index is 5.68. The second kappa shape index (κ2) is 6.66. The van der Waals surface area contributed by atoms with E-state index >= 15 is 0 Å². The molecule has 8 nitrogen and oxygen atoms in total. The van der Waals surface area contributed by atoms with Gasteiger partial charge in [-0.25, -0.2) is 4.98 Å². The van der Waals surface area contributed by atoms with Gasteiger partial charge in [0.05, 0.1) is 35.1 Å². The van der Waals surface area contributed by atoms with Crippen molar-refractivity contribution < 1.29 is 9.26 Å². The van der Waals surface area contributed by atoms with E-state index in [1.165, 1.54) is 0 Å². The smallest absolute Gasteiger partial charge is 0.183 e. The highest BCUT2D eigenvalue weighted by atomic mass is 16.5. The molecule has 0 aliphatic carbocycles. The van der Waals surface area contributed by atoms with E-state index in [4.69, 9.17) is 14.2 Å². The fourth-order valence-corrected chi connectivity index (χ4v) is 3.67. The minimum absolute atomic E-state index is 0.561. The second-order valence-corrected chi connectivity index (χ2v) is 6.82. The zero-order valence-corrected chi connectivity index (χ0v) is 16.2. The van der Waals surface area contributed by atoms with Crippen molar-refractivity contribution in [2.45, 2.75) is 20.3 Å². The Morgan fingerprint density at radius 3 is 2.79 bits per heavy atom. The molecule has 0 aliphatic rings. The summed E-state index contributed by atoms with van der Waals surface area (Å²) < 4.78 is 13.0. The number of ether oxygens (including phenoxy) is 1. The molecule has 5 rings (SSSR count). The number of fused-ring (bicyclic) bond motifs is 3. The first-order valence-electron chi connectivity index (χ1n) is 9.19. The van der Waals surface area contributed by atoms with Crippen LogP contribution in [0.25, 0.3) is 27.8 Å². The van der Waals surface area contributed by atoms with Crippen LogP contribution in [0.1, 0.15) is 22.8 Å². The Hall–Kier alpha value is -3.81. The number of pyridine rings is 1. The Morgan fingerprint density at radius 1 is 1.17 bits per heavy atom. The molecule has 0 saturated carbocycles. The highest BCUT2D eigenvalue weighted by Gasteiger charge is 2.19. The maximum atomic E-state index is 5.68. The van der Waals surface area contributed by atoms with Crippen molar-refractivity contribution >= 4 is 16.7 Å². The Bertz CT molecular complexity index is 1320. The molecule has 29 heavy (non-hydrogen) atoms. The molecule has 0 amide bonds. The van der Waals surface area contributed by atoms with Gasteiger partial charge in [0.2, 0.25) is 0 Å². The van der Waals surface area contributed by atoms with E-state index in [1.807, 2.05) is 48.6 Å². The van der Waals surface area contributed by atoms with E-state index in [9.17, 15) is 0 Å². The van der Waals surface area contributed by atoms with Gasteiger partial charge in [0, 0.05) is 29.9 Å². The summed E-state index contributed by atoms with van der Waals surface area (Å²) in [7, 11) is 1.65. The summed E-state index contributed by atoms with van der Waals surface area (Å²) in [5.41, 5.74) is 6.71. The topological polar surface area (TPSA) is 91.2 Å². The van der Waals surface area contributed by atoms with Crippen molar-refractivity contribution in [1.29, 1.82) is 0 Å². The molecule has 144 valence electrons. The molecule has 8 heteroatoms. The van der Waals surface area contributed by atoms with Crippen LogP contribution in [0.3, 0.4) is 0 Å².